The molecule has 0 fully saturated rings. The van der Waals surface area contributed by atoms with E-state index >= 15 is 0 Å². The average molecular weight is 566 g/mol. The quantitative estimate of drug-likeness (QED) is 0.114. The van der Waals surface area contributed by atoms with Gasteiger partial charge in [-0.15, -0.1) is 0 Å². The third kappa shape index (κ3) is 15.3. The molecule has 0 heterocycles. The lowest BCUT2D eigenvalue weighted by Crippen LogP contribution is -2.50. The highest BCUT2D eigenvalue weighted by Gasteiger charge is 2.29. The summed E-state index contributed by atoms with van der Waals surface area (Å²) in [6.07, 6.45) is 1.68. The molecule has 0 aliphatic heterocycles. The third-order valence-corrected chi connectivity index (χ3v) is 7.13. The summed E-state index contributed by atoms with van der Waals surface area (Å²) >= 11 is 0. The van der Waals surface area contributed by atoms with Crippen molar-refractivity contribution in [3.05, 3.63) is 42.5 Å². The maximum absolute atomic E-state index is 13.8. The maximum Gasteiger partial charge on any atom is 0.408 e. The van der Waals surface area contributed by atoms with Crippen LogP contribution in [0, 0.1) is 0 Å². The molecule has 0 spiro atoms. The molecule has 220 valence electrons. The van der Waals surface area contributed by atoms with Crippen LogP contribution >= 0.6 is 0 Å². The Bertz CT molecular complexity index is 911. The molecule has 1 aromatic rings. The second kappa shape index (κ2) is 16.9. The van der Waals surface area contributed by atoms with Crippen LogP contribution < -0.4 is 15.5 Å². The number of carbonyl (C=O) groups is 3. The monoisotopic (exact) mass is 565 g/mol. The number of alkyl carbamates (subject to hydrolysis) is 2. The molecule has 1 atom stereocenters. The fraction of sp³-hybridized carbons (Fsp3) is 0.607. The number of benzene rings is 1. The molecule has 39 heavy (non-hydrogen) atoms. The largest absolute Gasteiger partial charge is 0.445 e. The lowest BCUT2D eigenvalue weighted by molar-refractivity contribution is -0.122. The fourth-order valence-corrected chi connectivity index (χ4v) is 4.08. The van der Waals surface area contributed by atoms with Gasteiger partial charge in [0.1, 0.15) is 25.0 Å². The molecule has 1 rings (SSSR count). The van der Waals surface area contributed by atoms with E-state index in [0.29, 0.717) is 43.7 Å². The zero-order chi connectivity index (χ0) is 29.5. The number of anilines is 1. The minimum Gasteiger partial charge on any atom is -0.445 e. The number of amides is 3. The van der Waals surface area contributed by atoms with Crippen LogP contribution in [0.3, 0.4) is 0 Å². The van der Waals surface area contributed by atoms with E-state index in [1.165, 1.54) is 11.0 Å². The van der Waals surface area contributed by atoms with Gasteiger partial charge in [0.15, 0.2) is 0 Å². The van der Waals surface area contributed by atoms with E-state index in [-0.39, 0.29) is 25.9 Å². The molecule has 3 amide bonds. The second-order valence-electron chi connectivity index (χ2n) is 11.4. The molecule has 0 bridgehead atoms. The molecular formula is C28H47N3O7Si. The van der Waals surface area contributed by atoms with Crippen LogP contribution in [0.4, 0.5) is 15.3 Å². The summed E-state index contributed by atoms with van der Waals surface area (Å²) in [5.74, 6) is -0.344. The Morgan fingerprint density at radius 1 is 1.10 bits per heavy atom. The van der Waals surface area contributed by atoms with E-state index in [2.05, 4.69) is 36.9 Å². The van der Waals surface area contributed by atoms with E-state index in [1.807, 2.05) is 0 Å². The molecule has 0 saturated heterocycles. The summed E-state index contributed by atoms with van der Waals surface area (Å²) in [5.41, 5.74) is 0.578. The van der Waals surface area contributed by atoms with Crippen molar-refractivity contribution in [3.63, 3.8) is 0 Å². The number of aliphatic hydroxyl groups is 1. The van der Waals surface area contributed by atoms with Crippen LogP contribution in [0.25, 0.3) is 0 Å². The van der Waals surface area contributed by atoms with Gasteiger partial charge in [-0.1, -0.05) is 44.4 Å². The predicted molar refractivity (Wildman–Crippen MR) is 155 cm³/mol. The van der Waals surface area contributed by atoms with Crippen molar-refractivity contribution in [2.24, 2.45) is 0 Å². The minimum atomic E-state index is -1.33. The molecule has 0 saturated carbocycles. The van der Waals surface area contributed by atoms with Crippen molar-refractivity contribution in [1.29, 1.82) is 0 Å². The van der Waals surface area contributed by atoms with Crippen LogP contribution in [-0.4, -0.2) is 69.4 Å². The van der Waals surface area contributed by atoms with Gasteiger partial charge < -0.3 is 30.0 Å². The molecule has 0 aromatic heterocycles. The van der Waals surface area contributed by atoms with Gasteiger partial charge in [0.25, 0.3) is 5.91 Å². The van der Waals surface area contributed by atoms with E-state index in [4.69, 9.17) is 14.2 Å². The number of ether oxygens (including phenoxy) is 3. The van der Waals surface area contributed by atoms with Crippen molar-refractivity contribution < 1.29 is 33.7 Å². The van der Waals surface area contributed by atoms with Gasteiger partial charge in [-0.2, -0.15) is 0 Å². The first kappa shape index (κ1) is 34.1. The first-order chi connectivity index (χ1) is 18.3. The SMILES string of the molecule is C=CCOC(=O)NCCCC[C@H](NC(=O)OC(C)(C)C)C(=O)N(COCC[Si](C)(C)C)c1ccc(CO)cc1. The van der Waals surface area contributed by atoms with Gasteiger partial charge in [-0.3, -0.25) is 9.69 Å². The number of aliphatic hydroxyl groups excluding tert-OH is 1. The highest BCUT2D eigenvalue weighted by molar-refractivity contribution is 6.76. The van der Waals surface area contributed by atoms with Crippen LogP contribution in [0.2, 0.25) is 25.7 Å². The van der Waals surface area contributed by atoms with Crippen LogP contribution in [-0.2, 0) is 25.6 Å². The van der Waals surface area contributed by atoms with Gasteiger partial charge >= 0.3 is 12.2 Å². The molecule has 0 aliphatic rings. The average Bonchev–Trinajstić information content (AvgIpc) is 2.84. The lowest BCUT2D eigenvalue weighted by atomic mass is 10.1. The number of hydrogen-bond acceptors (Lipinski definition) is 7. The Morgan fingerprint density at radius 2 is 1.77 bits per heavy atom. The number of unbranched alkanes of at least 4 members (excludes halogenated alkanes) is 1. The Balaban J connectivity index is 3.01. The number of carbonyl (C=O) groups excluding carboxylic acids is 3. The fourth-order valence-electron chi connectivity index (χ4n) is 3.33. The zero-order valence-corrected chi connectivity index (χ0v) is 25.4. The molecule has 1 aromatic carbocycles. The van der Waals surface area contributed by atoms with Gasteiger partial charge in [0.2, 0.25) is 0 Å². The first-order valence-electron chi connectivity index (χ1n) is 13.4. The smallest absolute Gasteiger partial charge is 0.408 e. The summed E-state index contributed by atoms with van der Waals surface area (Å²) in [5, 5.41) is 14.8. The molecule has 11 heteroatoms. The Labute approximate surface area is 234 Å². The van der Waals surface area contributed by atoms with Crippen molar-refractivity contribution in [3.8, 4) is 0 Å². The number of nitrogens with one attached hydrogen (secondary N) is 2. The van der Waals surface area contributed by atoms with Gasteiger partial charge in [-0.05, 0) is 63.8 Å². The topological polar surface area (TPSA) is 126 Å². The summed E-state index contributed by atoms with van der Waals surface area (Å²) in [7, 11) is -1.33. The lowest BCUT2D eigenvalue weighted by Gasteiger charge is -2.29. The van der Waals surface area contributed by atoms with E-state index in [9.17, 15) is 19.5 Å². The summed E-state index contributed by atoms with van der Waals surface area (Å²) in [6, 6.07) is 7.03. The highest BCUT2D eigenvalue weighted by Crippen LogP contribution is 2.19. The molecule has 0 aliphatic carbocycles. The number of hydrogen-bond donors (Lipinski definition) is 3. The highest BCUT2D eigenvalue weighted by atomic mass is 28.3. The van der Waals surface area contributed by atoms with Crippen LogP contribution in [0.1, 0.15) is 45.6 Å². The van der Waals surface area contributed by atoms with Crippen molar-refractivity contribution >= 4 is 31.9 Å². The van der Waals surface area contributed by atoms with Crippen molar-refractivity contribution in [2.75, 3.05) is 31.4 Å². The number of rotatable bonds is 16. The van der Waals surface area contributed by atoms with Gasteiger partial charge in [-0.25, -0.2) is 9.59 Å². The third-order valence-electron chi connectivity index (χ3n) is 5.42. The Kier molecular flexibility index (Phi) is 14.8. The molecule has 3 N–H and O–H groups in total. The van der Waals surface area contributed by atoms with Gasteiger partial charge in [0, 0.05) is 26.9 Å². The standard InChI is InChI=1S/C28H47N3O7Si/c1-8-17-37-26(34)29-16-10-9-11-24(30-27(35)38-28(2,3)4)25(33)31(21-36-18-19-39(5,6)7)23-14-12-22(20-32)13-15-23/h8,12-15,24,32H,1,9-11,16-21H2,2-7H3,(H,29,34)(H,30,35)/t24-/m0/s1. The number of nitrogens with zero attached hydrogens (tertiary/aromatic N) is 1. The van der Waals surface area contributed by atoms with Crippen molar-refractivity contribution in [1.82, 2.24) is 10.6 Å². The van der Waals surface area contributed by atoms with Gasteiger partial charge in [0.05, 0.1) is 6.61 Å². The first-order valence-corrected chi connectivity index (χ1v) is 17.1. The minimum absolute atomic E-state index is 0.0188. The van der Waals surface area contributed by atoms with Crippen LogP contribution in [0.15, 0.2) is 36.9 Å². The summed E-state index contributed by atoms with van der Waals surface area (Å²) < 4.78 is 16.2. The van der Waals surface area contributed by atoms with E-state index < -0.39 is 31.9 Å². The normalized spacial score (nSPS) is 12.3. The molecular weight excluding hydrogens is 518 g/mol. The molecule has 0 unspecified atom stereocenters. The maximum atomic E-state index is 13.8. The summed E-state index contributed by atoms with van der Waals surface area (Å²) in [6.45, 7) is 16.4. The van der Waals surface area contributed by atoms with Crippen molar-refractivity contribution in [2.45, 2.75) is 84.0 Å². The zero-order valence-electron chi connectivity index (χ0n) is 24.4. The Morgan fingerprint density at radius 3 is 2.33 bits per heavy atom. The summed E-state index contributed by atoms with van der Waals surface area (Å²) in [4.78, 5) is 39.6. The molecule has 0 radical (unpaired) electrons. The van der Waals surface area contributed by atoms with Crippen LogP contribution in [0.5, 0.6) is 0 Å². The second-order valence-corrected chi connectivity index (χ2v) is 17.1. The van der Waals surface area contributed by atoms with E-state index in [0.717, 1.165) is 6.04 Å². The predicted octanol–water partition coefficient (Wildman–Crippen LogP) is 4.80. The molecule has 10 nitrogen and oxygen atoms in total. The Hall–Kier alpha value is -2.89. The van der Waals surface area contributed by atoms with E-state index in [1.54, 1.807) is 45.0 Å².